The molecule has 14 nitrogen and oxygen atoms in total. The zero-order valence-corrected chi connectivity index (χ0v) is 26.9. The third-order valence-corrected chi connectivity index (χ3v) is 13.8. The van der Waals surface area contributed by atoms with Crippen molar-refractivity contribution in [2.75, 3.05) is 25.6 Å². The molecule has 0 bridgehead atoms. The Bertz CT molecular complexity index is 1510. The van der Waals surface area contributed by atoms with E-state index in [1.165, 1.54) is 19.8 Å². The Morgan fingerprint density at radius 2 is 1.95 bits per heavy atom. The van der Waals surface area contributed by atoms with E-state index in [2.05, 4.69) is 59.2 Å². The number of carbonyl (C=O) groups excluding carboxylic acids is 1. The normalized spacial score (nSPS) is 22.3. The number of rotatable bonds is 12. The molecule has 232 valence electrons. The molecule has 1 fully saturated rings. The molecule has 3 N–H and O–H groups in total. The lowest BCUT2D eigenvalue weighted by Gasteiger charge is -2.41. The van der Waals surface area contributed by atoms with Gasteiger partial charge in [0.1, 0.15) is 18.5 Å². The lowest BCUT2D eigenvalue weighted by molar-refractivity contribution is -0.0463. The van der Waals surface area contributed by atoms with Gasteiger partial charge >= 0.3 is 7.75 Å². The first-order valence-electron chi connectivity index (χ1n) is 13.8. The van der Waals surface area contributed by atoms with Crippen molar-refractivity contribution in [2.45, 2.75) is 69.8 Å². The molecule has 1 amide bonds. The molecule has 1 aromatic carbocycles. The van der Waals surface area contributed by atoms with Crippen LogP contribution in [-0.2, 0) is 22.8 Å². The van der Waals surface area contributed by atoms with Crippen LogP contribution >= 0.6 is 7.75 Å². The number of benzene rings is 1. The maximum atomic E-state index is 13.5. The number of nitrogens with one attached hydrogen (secondary N) is 2. The van der Waals surface area contributed by atoms with Gasteiger partial charge in [0, 0.05) is 12.7 Å². The molecule has 2 aromatic heterocycles. The summed E-state index contributed by atoms with van der Waals surface area (Å²) in [5.41, 5.74) is 1.13. The van der Waals surface area contributed by atoms with Gasteiger partial charge in [-0.1, -0.05) is 39.0 Å². The standard InChI is InChI=1S/C27H38N7O7PSi/c1-27(2,3)43(5,6)41-22-20(33-42(37,38-4)39-14-10-13-28)19(15-35)40-26(22)34-17-31-21-23(29-16-30-24(21)34)32-25(36)18-11-8-7-9-12-18/h7-9,11-12,16-17,19-20,22,26,35H,10,14-15H2,1-6H3,(H,33,37)(H,29,30,32,36)/t19-,20-,22-,26-,42?/m1/s1. The number of nitrogens with zero attached hydrogens (tertiary/aromatic N) is 5. The third-order valence-electron chi connectivity index (χ3n) is 7.69. The van der Waals surface area contributed by atoms with Crippen LogP contribution in [0.1, 0.15) is 43.8 Å². The van der Waals surface area contributed by atoms with Crippen LogP contribution in [0.3, 0.4) is 0 Å². The monoisotopic (exact) mass is 631 g/mol. The van der Waals surface area contributed by atoms with Crippen LogP contribution in [0.15, 0.2) is 43.0 Å². The topological polar surface area (TPSA) is 183 Å². The average Bonchev–Trinajstić information content (AvgIpc) is 3.54. The summed E-state index contributed by atoms with van der Waals surface area (Å²) < 4.78 is 39.0. The molecule has 1 aliphatic rings. The van der Waals surface area contributed by atoms with Gasteiger partial charge in [-0.15, -0.1) is 0 Å². The van der Waals surface area contributed by atoms with Gasteiger partial charge in [-0.05, 0) is 30.3 Å². The fraction of sp³-hybridized carbons (Fsp3) is 0.519. The summed E-state index contributed by atoms with van der Waals surface area (Å²) in [6.07, 6.45) is 0.235. The van der Waals surface area contributed by atoms with Crippen molar-refractivity contribution in [3.63, 3.8) is 0 Å². The first-order chi connectivity index (χ1) is 20.3. The van der Waals surface area contributed by atoms with Crippen LogP contribution in [0.2, 0.25) is 18.1 Å². The van der Waals surface area contributed by atoms with E-state index >= 15 is 0 Å². The SMILES string of the molecule is COP(=O)(N[C@H]1[C@@H](O[Si](C)(C)C(C)(C)C)[C@H](n2cnc3c(NC(=O)c4ccccc4)ncnc32)O[C@@H]1CO)OCCC#N. The summed E-state index contributed by atoms with van der Waals surface area (Å²) in [6, 6.07) is 9.80. The number of anilines is 1. The van der Waals surface area contributed by atoms with E-state index in [1.807, 2.05) is 12.1 Å². The summed E-state index contributed by atoms with van der Waals surface area (Å²) >= 11 is 0. The van der Waals surface area contributed by atoms with E-state index in [1.54, 1.807) is 28.8 Å². The van der Waals surface area contributed by atoms with Crippen molar-refractivity contribution in [3.05, 3.63) is 48.5 Å². The molecule has 3 aromatic rings. The molecule has 0 radical (unpaired) electrons. The average molecular weight is 632 g/mol. The second kappa shape index (κ2) is 13.3. The highest BCUT2D eigenvalue weighted by atomic mass is 31.2. The Morgan fingerprint density at radius 1 is 1.23 bits per heavy atom. The number of aromatic nitrogens is 4. The molecule has 5 atom stereocenters. The number of hydrogen-bond donors (Lipinski definition) is 3. The van der Waals surface area contributed by atoms with Crippen molar-refractivity contribution in [1.29, 1.82) is 5.26 Å². The molecule has 1 unspecified atom stereocenters. The van der Waals surface area contributed by atoms with E-state index in [0.29, 0.717) is 16.7 Å². The fourth-order valence-corrected chi connectivity index (χ4v) is 6.94. The van der Waals surface area contributed by atoms with Crippen LogP contribution in [0.4, 0.5) is 5.82 Å². The minimum absolute atomic E-state index is 0.00994. The van der Waals surface area contributed by atoms with E-state index in [4.69, 9.17) is 23.5 Å². The second-order valence-corrected chi connectivity index (χ2v) is 18.2. The van der Waals surface area contributed by atoms with Gasteiger partial charge in [0.15, 0.2) is 31.5 Å². The van der Waals surface area contributed by atoms with E-state index in [0.717, 1.165) is 0 Å². The Balaban J connectivity index is 1.73. The predicted octanol–water partition coefficient (Wildman–Crippen LogP) is 4.00. The van der Waals surface area contributed by atoms with Gasteiger partial charge in [0.2, 0.25) is 0 Å². The summed E-state index contributed by atoms with van der Waals surface area (Å²) in [5.74, 6) is -0.150. The Labute approximate surface area is 251 Å². The molecule has 4 rings (SSSR count). The Kier molecular flexibility index (Phi) is 10.2. The number of aliphatic hydroxyl groups excluding tert-OH is 1. The Morgan fingerprint density at radius 3 is 2.58 bits per heavy atom. The summed E-state index contributed by atoms with van der Waals surface area (Å²) in [7, 11) is -5.20. The van der Waals surface area contributed by atoms with Crippen molar-refractivity contribution in [3.8, 4) is 6.07 Å². The summed E-state index contributed by atoms with van der Waals surface area (Å²) in [5, 5.41) is 24.8. The van der Waals surface area contributed by atoms with Gasteiger partial charge < -0.3 is 24.1 Å². The highest BCUT2D eigenvalue weighted by Gasteiger charge is 2.53. The van der Waals surface area contributed by atoms with Crippen LogP contribution in [0.25, 0.3) is 11.2 Å². The minimum atomic E-state index is -3.93. The van der Waals surface area contributed by atoms with Crippen LogP contribution in [0.5, 0.6) is 0 Å². The van der Waals surface area contributed by atoms with Crippen LogP contribution < -0.4 is 10.4 Å². The first-order valence-corrected chi connectivity index (χ1v) is 18.2. The quantitative estimate of drug-likeness (QED) is 0.149. The number of carbonyl (C=O) groups is 1. The van der Waals surface area contributed by atoms with Crippen molar-refractivity contribution < 1.29 is 32.7 Å². The number of ether oxygens (including phenoxy) is 1. The molecule has 1 aliphatic heterocycles. The van der Waals surface area contributed by atoms with Crippen LogP contribution in [-0.4, -0.2) is 77.4 Å². The van der Waals surface area contributed by atoms with Crippen molar-refractivity contribution in [2.24, 2.45) is 0 Å². The molecule has 1 saturated heterocycles. The molecule has 0 saturated carbocycles. The number of aliphatic hydroxyl groups is 1. The highest BCUT2D eigenvalue weighted by molar-refractivity contribution is 7.51. The molecular formula is C27H38N7O7PSi. The van der Waals surface area contributed by atoms with Crippen molar-refractivity contribution >= 4 is 39.0 Å². The number of amides is 1. The number of fused-ring (bicyclic) bond motifs is 1. The van der Waals surface area contributed by atoms with Gasteiger partial charge in [-0.25, -0.2) is 24.6 Å². The van der Waals surface area contributed by atoms with E-state index in [-0.39, 0.29) is 29.8 Å². The smallest absolute Gasteiger partial charge is 0.405 e. The number of hydrogen-bond acceptors (Lipinski definition) is 11. The molecule has 3 heterocycles. The maximum Gasteiger partial charge on any atom is 0.405 e. The van der Waals surface area contributed by atoms with Gasteiger partial charge in [0.25, 0.3) is 5.91 Å². The van der Waals surface area contributed by atoms with Gasteiger partial charge in [0.05, 0.1) is 38.1 Å². The zero-order chi connectivity index (χ0) is 31.4. The fourth-order valence-electron chi connectivity index (χ4n) is 4.35. The molecule has 16 heteroatoms. The highest BCUT2D eigenvalue weighted by Crippen LogP contribution is 2.48. The lowest BCUT2D eigenvalue weighted by atomic mass is 10.1. The summed E-state index contributed by atoms with van der Waals surface area (Å²) in [4.78, 5) is 26.0. The van der Waals surface area contributed by atoms with E-state index < -0.39 is 47.1 Å². The van der Waals surface area contributed by atoms with E-state index in [9.17, 15) is 14.5 Å². The second-order valence-electron chi connectivity index (χ2n) is 11.5. The molecule has 43 heavy (non-hydrogen) atoms. The van der Waals surface area contributed by atoms with Gasteiger partial charge in [-0.2, -0.15) is 5.26 Å². The lowest BCUT2D eigenvalue weighted by Crippen LogP contribution is -2.52. The largest absolute Gasteiger partial charge is 0.408 e. The number of imidazole rings is 1. The van der Waals surface area contributed by atoms with Gasteiger partial charge in [-0.3, -0.25) is 13.9 Å². The number of nitriles is 1. The Hall–Kier alpha value is -3.06. The van der Waals surface area contributed by atoms with Crippen LogP contribution in [0, 0.1) is 11.3 Å². The maximum absolute atomic E-state index is 13.5. The molecule has 0 aliphatic carbocycles. The predicted molar refractivity (Wildman–Crippen MR) is 161 cm³/mol. The molecular weight excluding hydrogens is 593 g/mol. The van der Waals surface area contributed by atoms with Crippen molar-refractivity contribution in [1.82, 2.24) is 24.6 Å². The minimum Gasteiger partial charge on any atom is -0.408 e. The molecule has 0 spiro atoms. The first kappa shape index (κ1) is 32.8. The third kappa shape index (κ3) is 7.19. The zero-order valence-electron chi connectivity index (χ0n) is 25.1. The summed E-state index contributed by atoms with van der Waals surface area (Å²) in [6.45, 7) is 9.83.